The molecule has 12 amide bonds. The van der Waals surface area contributed by atoms with Crippen LogP contribution in [0.25, 0.3) is 32.0 Å². The van der Waals surface area contributed by atoms with Crippen LogP contribution in [0, 0.1) is 32.4 Å². The highest BCUT2D eigenvalue weighted by Crippen LogP contribution is 2.43. The number of aryl methyl sites for hydroxylation is 2. The second-order valence-corrected chi connectivity index (χ2v) is 35.7. The predicted molar refractivity (Wildman–Crippen MR) is 494 cm³/mol. The van der Waals surface area contributed by atoms with Gasteiger partial charge in [-0.25, -0.2) is 34.1 Å². The molecule has 8 N–H and O–H groups in total. The van der Waals surface area contributed by atoms with E-state index in [1.807, 2.05) is 119 Å². The van der Waals surface area contributed by atoms with Crippen LogP contribution < -0.4 is 21.3 Å². The number of H-pyrrole nitrogens is 4. The molecule has 0 radical (unpaired) electrons. The van der Waals surface area contributed by atoms with Gasteiger partial charge in [0.15, 0.2) is 5.82 Å². The van der Waals surface area contributed by atoms with Crippen molar-refractivity contribution in [2.24, 2.45) is 5.41 Å². The number of nitrogens with one attached hydrogen (secondary N) is 8. The van der Waals surface area contributed by atoms with Crippen LogP contribution in [0.4, 0.5) is 53.6 Å². The lowest BCUT2D eigenvalue weighted by molar-refractivity contribution is 0.101. The Bertz CT molecular complexity index is 5390. The van der Waals surface area contributed by atoms with E-state index in [-0.39, 0.29) is 100 Å². The van der Waals surface area contributed by atoms with Crippen LogP contribution in [0.3, 0.4) is 0 Å². The highest BCUT2D eigenvalue weighted by molar-refractivity contribution is 6.07. The second kappa shape index (κ2) is 40.6. The number of nitrogens with zero attached hydrogens (tertiary/aromatic N) is 13. The molecule has 4 aliphatic carbocycles. The highest BCUT2D eigenvalue weighted by atomic mass is 16.2. The molecule has 0 atom stereocenters. The number of carbonyl (C=O) groups is 8. The van der Waals surface area contributed by atoms with Crippen molar-refractivity contribution in [3.05, 3.63) is 230 Å². The molecule has 4 aliphatic heterocycles. The van der Waals surface area contributed by atoms with Crippen LogP contribution in [0.1, 0.15) is 245 Å². The first-order valence-corrected chi connectivity index (χ1v) is 43.9. The van der Waals surface area contributed by atoms with Gasteiger partial charge in [0.05, 0.1) is 12.4 Å². The van der Waals surface area contributed by atoms with E-state index >= 15 is 0 Å². The molecule has 8 heterocycles. The lowest BCUT2D eigenvalue weighted by atomic mass is 9.76. The Morgan fingerprint density at radius 1 is 0.397 bits per heavy atom. The number of carbonyl (C=O) groups excluding carboxylic acids is 8. The molecule has 0 spiro atoms. The van der Waals surface area contributed by atoms with Crippen molar-refractivity contribution in [1.82, 2.24) is 74.1 Å². The van der Waals surface area contributed by atoms with Gasteiger partial charge in [-0.05, 0) is 220 Å². The number of amides is 12. The fourth-order valence-electron chi connectivity index (χ4n) is 18.1. The van der Waals surface area contributed by atoms with Crippen molar-refractivity contribution < 1.29 is 38.4 Å². The number of hydrogen-bond acceptors (Lipinski definition) is 11. The van der Waals surface area contributed by atoms with Crippen molar-refractivity contribution >= 4 is 104 Å². The van der Waals surface area contributed by atoms with Crippen LogP contribution in [-0.2, 0) is 0 Å². The maximum atomic E-state index is 12.8. The Hall–Kier alpha value is -13.3. The summed E-state index contributed by atoms with van der Waals surface area (Å²) < 4.78 is 0. The van der Waals surface area contributed by atoms with E-state index in [1.54, 1.807) is 45.4 Å². The topological polar surface area (TPSA) is 321 Å². The monoisotopic (exact) mass is 1710 g/mol. The van der Waals surface area contributed by atoms with E-state index in [2.05, 4.69) is 140 Å². The summed E-state index contributed by atoms with van der Waals surface area (Å²) in [6, 6.07) is 26.9. The zero-order valence-corrected chi connectivity index (χ0v) is 74.7. The number of benzene rings is 4. The van der Waals surface area contributed by atoms with E-state index in [9.17, 15) is 38.4 Å². The Labute approximate surface area is 738 Å². The fraction of sp³-hybridized carbons (Fsp3) is 0.433. The number of aromatic nitrogens is 7. The van der Waals surface area contributed by atoms with E-state index in [1.165, 1.54) is 84.3 Å². The van der Waals surface area contributed by atoms with Crippen LogP contribution in [0.2, 0.25) is 0 Å². The number of hydrogen-bond donors (Lipinski definition) is 8. The first kappa shape index (κ1) is 90.4. The van der Waals surface area contributed by atoms with Gasteiger partial charge in [0, 0.05) is 196 Å². The summed E-state index contributed by atoms with van der Waals surface area (Å²) in [6.07, 6.45) is 34.1. The molecular weight excluding hydrogens is 1590 g/mol. The number of anilines is 4. The van der Waals surface area contributed by atoms with Gasteiger partial charge in [0.25, 0.3) is 23.5 Å². The van der Waals surface area contributed by atoms with Crippen LogP contribution in [-0.4, -0.2) is 231 Å². The average Bonchev–Trinajstić information content (AvgIpc) is 1.01. The molecule has 4 saturated heterocycles. The summed E-state index contributed by atoms with van der Waals surface area (Å²) in [4.78, 5) is 144. The third kappa shape index (κ3) is 22.2. The van der Waals surface area contributed by atoms with Gasteiger partial charge in [-0.15, -0.1) is 0 Å². The van der Waals surface area contributed by atoms with Gasteiger partial charge >= 0.3 is 35.9 Å². The van der Waals surface area contributed by atoms with Crippen LogP contribution >= 0.6 is 0 Å². The quantitative estimate of drug-likeness (QED) is 0.0420. The molecule has 29 nitrogen and oxygen atoms in total. The molecule has 29 heteroatoms. The van der Waals surface area contributed by atoms with Crippen molar-refractivity contribution in [1.29, 1.82) is 0 Å². The summed E-state index contributed by atoms with van der Waals surface area (Å²) in [7, 11) is 14.7. The molecule has 16 rings (SSSR count). The molecule has 4 aromatic heterocycles. The first-order valence-electron chi connectivity index (χ1n) is 43.9. The van der Waals surface area contributed by atoms with Gasteiger partial charge in [-0.2, -0.15) is 0 Å². The van der Waals surface area contributed by atoms with Crippen LogP contribution in [0.5, 0.6) is 0 Å². The zero-order valence-electron chi connectivity index (χ0n) is 74.7. The standard InChI is InChI=1S/C25H30N6O2.C25H32N4O2.C24H31N5O2.C23H26N6O2/c1-25(2)10-8-16(9-11-25)19-12-17(18-14-30(4)24(33)31(5)15-18)6-7-20(19)28-23(32)22-27-13-21(26-3)29-22;1-17-12-23(26-14-17)24(30)27-22-11-10-19(20-15-28(2)25(31)29(3)16-20)13-21(22)18-8-6-4-5-7-9-18;1-16-13-25-22(26-16)23(30)27-21-11-10-18(19-14-28(2)24(31)29(3)15-19)12-20(21)17-8-6-4-5-7-9-17;1-24-20-12-25-21(27-20)22(30)26-19-10-9-16(11-18(19)15-7-5-4-6-8-15)17-13-28(2)23(31)29(3)14-17/h6-8,12-13,18H,9-11,14-15H2,1-2,4-5H3,(H,27,29)(H,28,32);8,10-14,20,26H,4-7,9,15-16H2,1-3H3,(H,27,30);8,10-13,19H,4-7,9,14-15H2,1-3H3,(H,25,26)(H,27,30);7,9-12,17H,4-6,8,13-14H2,2-3H3,(H,25,27)(H,26,30). The second-order valence-electron chi connectivity index (χ2n) is 35.7. The van der Waals surface area contributed by atoms with Crippen molar-refractivity contribution in [2.75, 3.05) is 130 Å². The summed E-state index contributed by atoms with van der Waals surface area (Å²) in [6.45, 7) is 27.9. The molecule has 126 heavy (non-hydrogen) atoms. The minimum absolute atomic E-state index is 0.0322. The Morgan fingerprint density at radius 2 is 0.706 bits per heavy atom. The molecule has 4 fully saturated rings. The first-order chi connectivity index (χ1) is 60.5. The predicted octanol–water partition coefficient (Wildman–Crippen LogP) is 18.5. The number of urea groups is 4. The number of rotatable bonds is 16. The summed E-state index contributed by atoms with van der Waals surface area (Å²) >= 11 is 0. The van der Waals surface area contributed by atoms with Gasteiger partial charge in [0.1, 0.15) is 5.69 Å². The number of aromatic amines is 4. The summed E-state index contributed by atoms with van der Waals surface area (Å²) in [5.41, 5.74) is 19.8. The van der Waals surface area contributed by atoms with Gasteiger partial charge in [-0.3, -0.25) is 29.1 Å². The fourth-order valence-corrected chi connectivity index (χ4v) is 18.1. The van der Waals surface area contributed by atoms with Crippen molar-refractivity contribution in [3.63, 3.8) is 0 Å². The minimum Gasteiger partial charge on any atom is -0.363 e. The van der Waals surface area contributed by atoms with Gasteiger partial charge in [-0.1, -0.05) is 88.4 Å². The molecule has 0 bridgehead atoms. The average molecular weight is 1710 g/mol. The largest absolute Gasteiger partial charge is 0.363 e. The van der Waals surface area contributed by atoms with Crippen molar-refractivity contribution in [3.8, 4) is 0 Å². The third-order valence-corrected chi connectivity index (χ3v) is 25.1. The molecule has 0 unspecified atom stereocenters. The van der Waals surface area contributed by atoms with Crippen molar-refractivity contribution in [2.45, 2.75) is 161 Å². The minimum atomic E-state index is -0.377. The lowest BCUT2D eigenvalue weighted by Gasteiger charge is -2.37. The summed E-state index contributed by atoms with van der Waals surface area (Å²) in [5, 5.41) is 12.1. The van der Waals surface area contributed by atoms with E-state index in [4.69, 9.17) is 13.1 Å². The Morgan fingerprint density at radius 3 is 0.992 bits per heavy atom. The number of imidazole rings is 3. The van der Waals surface area contributed by atoms with Gasteiger partial charge < -0.3 is 80.1 Å². The summed E-state index contributed by atoms with van der Waals surface area (Å²) in [5.74, 6) is 0.764. The number of likely N-dealkylation sites (N-methyl/N-ethyl adjacent to an activating group) is 8. The normalized spacial score (nSPS) is 18.0. The third-order valence-electron chi connectivity index (χ3n) is 25.1. The van der Waals surface area contributed by atoms with E-state index < -0.39 is 0 Å². The molecule has 4 aromatic carbocycles. The molecule has 0 saturated carbocycles. The molecular formula is C97H119N21O8. The highest BCUT2D eigenvalue weighted by Gasteiger charge is 2.35. The Balaban J connectivity index is 0.000000144. The van der Waals surface area contributed by atoms with E-state index in [0.717, 1.165) is 138 Å². The van der Waals surface area contributed by atoms with Crippen LogP contribution in [0.15, 0.2) is 128 Å². The zero-order chi connectivity index (χ0) is 89.6. The maximum Gasteiger partial charge on any atom is 0.319 e. The lowest BCUT2D eigenvalue weighted by Crippen LogP contribution is -2.48. The SMILES string of the molecule is Cc1c[nH]c(C(=O)Nc2ccc(C3CN(C)C(=O)N(C)C3)cc2C2=CCCCCC2)c1.Cc1cnc(C(=O)Nc2ccc(C3CN(C)C(=O)N(C)C3)cc2C2=CCCCCC2)[nH]1.[C-]#[N+]c1cnc(C(=O)Nc2ccc(C3CN(C)C(=O)N(C)C3)cc2C2=CCC(C)(C)CC2)[nH]1.[C-]#[N+]c1cnc(C(=O)Nc2ccc(C3CN(C)C(=O)N(C)C3)cc2C2=CCCCC2)[nH]1. The van der Waals surface area contributed by atoms with Gasteiger partial charge in [0.2, 0.25) is 11.6 Å². The Kier molecular flexibility index (Phi) is 29.1. The smallest absolute Gasteiger partial charge is 0.319 e. The number of allylic oxidation sites excluding steroid dienone is 8. The molecule has 8 aliphatic rings. The van der Waals surface area contributed by atoms with E-state index in [0.29, 0.717) is 63.9 Å². The molecule has 660 valence electrons. The maximum absolute atomic E-state index is 12.8. The molecule has 8 aromatic rings.